The van der Waals surface area contributed by atoms with Crippen molar-refractivity contribution in [2.45, 2.75) is 38.4 Å². The molecule has 3 aromatic rings. The van der Waals surface area contributed by atoms with E-state index in [9.17, 15) is 19.2 Å². The van der Waals surface area contributed by atoms with Crippen molar-refractivity contribution in [1.29, 1.82) is 0 Å². The van der Waals surface area contributed by atoms with Gasteiger partial charge in [0.15, 0.2) is 0 Å². The number of piperidine rings is 1. The van der Waals surface area contributed by atoms with Crippen LogP contribution in [-0.2, 0) is 33.9 Å². The summed E-state index contributed by atoms with van der Waals surface area (Å²) in [7, 11) is 0. The summed E-state index contributed by atoms with van der Waals surface area (Å²) >= 11 is 0. The van der Waals surface area contributed by atoms with Crippen molar-refractivity contribution in [3.05, 3.63) is 59.3 Å². The van der Waals surface area contributed by atoms with Gasteiger partial charge in [0.05, 0.1) is 12.8 Å². The number of hydrogen-bond donors (Lipinski definition) is 2. The van der Waals surface area contributed by atoms with Crippen LogP contribution in [0.3, 0.4) is 0 Å². The highest BCUT2D eigenvalue weighted by Gasteiger charge is 2.40. The zero-order valence-electron chi connectivity index (χ0n) is 19.2. The van der Waals surface area contributed by atoms with Crippen LogP contribution in [-0.4, -0.2) is 56.2 Å². The van der Waals surface area contributed by atoms with Gasteiger partial charge in [0.1, 0.15) is 24.0 Å². The Balaban J connectivity index is 1.16. The summed E-state index contributed by atoms with van der Waals surface area (Å²) in [5.41, 5.74) is 4.14. The van der Waals surface area contributed by atoms with E-state index in [0.717, 1.165) is 23.3 Å². The molecule has 1 unspecified atom stereocenters. The first-order valence-electron chi connectivity index (χ1n) is 11.7. The summed E-state index contributed by atoms with van der Waals surface area (Å²) in [5.74, 6) is -0.641. The Morgan fingerprint density at radius 2 is 1.94 bits per heavy atom. The molecule has 0 radical (unpaired) electrons. The zero-order chi connectivity index (χ0) is 24.8. The summed E-state index contributed by atoms with van der Waals surface area (Å²) in [4.78, 5) is 51.1. The number of hydrogen-bond acceptors (Lipinski definition) is 7. The predicted molar refractivity (Wildman–Crippen MR) is 126 cm³/mol. The number of carbonyl (C=O) groups excluding carboxylic acids is 4. The van der Waals surface area contributed by atoms with Crippen molar-refractivity contribution in [1.82, 2.24) is 25.2 Å². The molecule has 182 valence electrons. The molecule has 0 spiro atoms. The lowest BCUT2D eigenvalue weighted by Crippen LogP contribution is -2.52. The van der Waals surface area contributed by atoms with Crippen LogP contribution in [0.1, 0.15) is 34.3 Å². The first-order valence-corrected chi connectivity index (χ1v) is 11.7. The Labute approximate surface area is 205 Å². The molecule has 6 rings (SSSR count). The van der Waals surface area contributed by atoms with Gasteiger partial charge in [0.25, 0.3) is 5.91 Å². The van der Waals surface area contributed by atoms with Gasteiger partial charge < -0.3 is 15.0 Å². The second kappa shape index (κ2) is 8.59. The van der Waals surface area contributed by atoms with Gasteiger partial charge >= 0.3 is 0 Å². The molecule has 1 atom stereocenters. The fourth-order valence-electron chi connectivity index (χ4n) is 4.96. The minimum absolute atomic E-state index is 0.0721. The zero-order valence-corrected chi connectivity index (χ0v) is 19.2. The number of amides is 4. The molecule has 0 bridgehead atoms. The van der Waals surface area contributed by atoms with Crippen molar-refractivity contribution < 1.29 is 23.9 Å². The number of carbonyl (C=O) groups is 4. The molecule has 11 nitrogen and oxygen atoms in total. The van der Waals surface area contributed by atoms with Gasteiger partial charge in [-0.2, -0.15) is 0 Å². The number of fused-ring (bicyclic) bond motifs is 2. The minimum Gasteiger partial charge on any atom is -0.492 e. The highest BCUT2D eigenvalue weighted by atomic mass is 16.5. The third-order valence-electron chi connectivity index (χ3n) is 6.69. The quantitative estimate of drug-likeness (QED) is 0.519. The Hall–Kier alpha value is -4.54. The van der Waals surface area contributed by atoms with Gasteiger partial charge in [-0.1, -0.05) is 23.4 Å². The molecule has 1 aromatic heterocycles. The highest BCUT2D eigenvalue weighted by molar-refractivity contribution is 6.06. The van der Waals surface area contributed by atoms with Crippen molar-refractivity contribution in [3.8, 4) is 17.0 Å². The van der Waals surface area contributed by atoms with E-state index in [4.69, 9.17) is 4.74 Å². The summed E-state index contributed by atoms with van der Waals surface area (Å²) in [5, 5.41) is 13.4. The number of nitrogens with one attached hydrogen (secondary N) is 2. The van der Waals surface area contributed by atoms with Crippen LogP contribution >= 0.6 is 0 Å². The molecular weight excluding hydrogens is 464 g/mol. The maximum Gasteiger partial charge on any atom is 0.255 e. The Morgan fingerprint density at radius 1 is 1.11 bits per heavy atom. The van der Waals surface area contributed by atoms with E-state index in [1.54, 1.807) is 24.4 Å². The average molecular weight is 486 g/mol. The predicted octanol–water partition coefficient (Wildman–Crippen LogP) is 1.28. The normalized spacial score (nSPS) is 18.5. The number of aromatic nitrogens is 3. The fourth-order valence-corrected chi connectivity index (χ4v) is 4.96. The van der Waals surface area contributed by atoms with Crippen LogP contribution < -0.4 is 15.4 Å². The monoisotopic (exact) mass is 486 g/mol. The lowest BCUT2D eigenvalue weighted by molar-refractivity contribution is -0.137. The molecule has 36 heavy (non-hydrogen) atoms. The molecule has 2 N–H and O–H groups in total. The van der Waals surface area contributed by atoms with E-state index in [1.807, 2.05) is 18.2 Å². The van der Waals surface area contributed by atoms with E-state index >= 15 is 0 Å². The first kappa shape index (κ1) is 22.0. The lowest BCUT2D eigenvalue weighted by atomic mass is 10.0. The van der Waals surface area contributed by atoms with Crippen LogP contribution in [0.2, 0.25) is 0 Å². The highest BCUT2D eigenvalue weighted by Crippen LogP contribution is 2.36. The van der Waals surface area contributed by atoms with Crippen LogP contribution in [0.15, 0.2) is 42.6 Å². The molecule has 3 aliphatic rings. The number of ether oxygens (including phenoxy) is 1. The van der Waals surface area contributed by atoms with Crippen LogP contribution in [0.5, 0.6) is 5.75 Å². The molecular formula is C25H22N6O5. The van der Waals surface area contributed by atoms with E-state index < -0.39 is 11.9 Å². The van der Waals surface area contributed by atoms with Gasteiger partial charge in [0.2, 0.25) is 17.7 Å². The minimum atomic E-state index is -0.719. The molecule has 1 saturated heterocycles. The van der Waals surface area contributed by atoms with Crippen molar-refractivity contribution in [2.75, 3.05) is 11.9 Å². The van der Waals surface area contributed by atoms with Crippen molar-refractivity contribution in [2.24, 2.45) is 0 Å². The third-order valence-corrected chi connectivity index (χ3v) is 6.69. The molecule has 11 heteroatoms. The number of benzene rings is 2. The van der Waals surface area contributed by atoms with Crippen LogP contribution in [0, 0.1) is 0 Å². The number of nitrogens with zero attached hydrogens (tertiary/aromatic N) is 4. The first-order chi connectivity index (χ1) is 17.5. The van der Waals surface area contributed by atoms with E-state index in [2.05, 4.69) is 20.9 Å². The Kier molecular flexibility index (Phi) is 5.24. The van der Waals surface area contributed by atoms with Crippen molar-refractivity contribution >= 4 is 29.3 Å². The Morgan fingerprint density at radius 3 is 2.81 bits per heavy atom. The van der Waals surface area contributed by atoms with Crippen LogP contribution in [0.4, 0.5) is 5.69 Å². The van der Waals surface area contributed by atoms with E-state index in [0.29, 0.717) is 29.1 Å². The molecule has 4 amide bonds. The maximum absolute atomic E-state index is 13.0. The molecule has 1 fully saturated rings. The summed E-state index contributed by atoms with van der Waals surface area (Å²) in [6.45, 7) is 0.731. The topological polar surface area (TPSA) is 136 Å². The number of rotatable bonds is 5. The van der Waals surface area contributed by atoms with E-state index in [1.165, 1.54) is 9.58 Å². The summed E-state index contributed by atoms with van der Waals surface area (Å²) in [6.07, 6.45) is 3.00. The lowest BCUT2D eigenvalue weighted by Gasteiger charge is -2.29. The fraction of sp³-hybridized carbons (Fsp3) is 0.280. The smallest absolute Gasteiger partial charge is 0.255 e. The molecule has 4 heterocycles. The molecule has 0 saturated carbocycles. The standard InChI is InChI=1S/C25H22N6O5/c32-21-8-7-20(24(34)27-21)31-11-17-15(25(31)35)4-2-6-18(17)26-22(33)13-30-12-19(28-29-30)16-5-1-3-14-9-10-36-23(14)16/h1-6,12,20H,7-11,13H2,(H,26,33)(H,27,32,34). The second-order valence-corrected chi connectivity index (χ2v) is 8.97. The van der Waals surface area contributed by atoms with E-state index in [-0.39, 0.29) is 43.7 Å². The average Bonchev–Trinajstić information content (AvgIpc) is 3.59. The van der Waals surface area contributed by atoms with Gasteiger partial charge in [-0.15, -0.1) is 5.10 Å². The third kappa shape index (κ3) is 3.78. The SMILES string of the molecule is O=C1CCC(N2Cc3c(NC(=O)Cn4cc(-c5cccc6c5OCC6)nn4)cccc3C2=O)C(=O)N1. The van der Waals surface area contributed by atoms with Crippen LogP contribution in [0.25, 0.3) is 11.3 Å². The van der Waals surface area contributed by atoms with Gasteiger partial charge in [-0.3, -0.25) is 24.5 Å². The molecule has 3 aliphatic heterocycles. The van der Waals surface area contributed by atoms with Gasteiger partial charge in [0, 0.05) is 41.8 Å². The maximum atomic E-state index is 13.0. The van der Waals surface area contributed by atoms with Crippen molar-refractivity contribution in [3.63, 3.8) is 0 Å². The largest absolute Gasteiger partial charge is 0.492 e. The number of para-hydroxylation sites is 1. The molecule has 0 aliphatic carbocycles. The van der Waals surface area contributed by atoms with Gasteiger partial charge in [-0.25, -0.2) is 4.68 Å². The second-order valence-electron chi connectivity index (χ2n) is 8.97. The summed E-state index contributed by atoms with van der Waals surface area (Å²) in [6, 6.07) is 10.2. The number of anilines is 1. The Bertz CT molecular complexity index is 1430. The summed E-state index contributed by atoms with van der Waals surface area (Å²) < 4.78 is 7.19. The van der Waals surface area contributed by atoms with Gasteiger partial charge in [-0.05, 0) is 30.2 Å². The number of imide groups is 1. The molecule has 2 aromatic carbocycles.